The number of hydrogen-bond donors (Lipinski definition) is 0. The van der Waals surface area contributed by atoms with Crippen LogP contribution in [0.4, 0.5) is 0 Å². The molecule has 0 aromatic rings. The molecule has 0 N–H and O–H groups in total. The molecule has 6 nitrogen and oxygen atoms in total. The molecule has 0 aliphatic rings. The van der Waals surface area contributed by atoms with E-state index < -0.39 is 6.10 Å². The summed E-state index contributed by atoms with van der Waals surface area (Å²) in [6, 6.07) is 0. The number of allylic oxidation sites excluding steroid dienone is 14. The number of esters is 3. The summed E-state index contributed by atoms with van der Waals surface area (Å²) in [7, 11) is 0. The first kappa shape index (κ1) is 73.6. The monoisotopic (exact) mass is 1070 g/mol. The van der Waals surface area contributed by atoms with Crippen LogP contribution in [0.15, 0.2) is 85.1 Å². The number of carbonyl (C=O) groups excluding carboxylic acids is 3. The fourth-order valence-corrected chi connectivity index (χ4v) is 9.41. The average Bonchev–Trinajstić information content (AvgIpc) is 3.43. The van der Waals surface area contributed by atoms with E-state index in [4.69, 9.17) is 14.2 Å². The summed E-state index contributed by atoms with van der Waals surface area (Å²) in [5, 5.41) is 0. The Bertz CT molecular complexity index is 1470. The van der Waals surface area contributed by atoms with Gasteiger partial charge < -0.3 is 14.2 Å². The Morgan fingerprint density at radius 1 is 0.273 bits per heavy atom. The van der Waals surface area contributed by atoms with E-state index in [2.05, 4.69) is 106 Å². The van der Waals surface area contributed by atoms with Gasteiger partial charge in [0, 0.05) is 19.3 Å². The lowest BCUT2D eigenvalue weighted by molar-refractivity contribution is -0.167. The molecule has 0 saturated heterocycles. The maximum atomic E-state index is 12.9. The second-order valence-electron chi connectivity index (χ2n) is 22.0. The Morgan fingerprint density at radius 2 is 0.532 bits per heavy atom. The maximum absolute atomic E-state index is 12.9. The van der Waals surface area contributed by atoms with Crippen molar-refractivity contribution in [1.29, 1.82) is 0 Å². The molecule has 0 fully saturated rings. The summed E-state index contributed by atoms with van der Waals surface area (Å²) in [6.07, 6.45) is 86.0. The molecule has 444 valence electrons. The van der Waals surface area contributed by atoms with Crippen LogP contribution in [0.1, 0.15) is 329 Å². The molecular formula is C71H124O6. The zero-order valence-electron chi connectivity index (χ0n) is 51.0. The zero-order valence-corrected chi connectivity index (χ0v) is 51.0. The molecule has 0 aromatic heterocycles. The van der Waals surface area contributed by atoms with Gasteiger partial charge in [-0.25, -0.2) is 0 Å². The van der Waals surface area contributed by atoms with Gasteiger partial charge in [0.2, 0.25) is 0 Å². The van der Waals surface area contributed by atoms with Gasteiger partial charge in [0.1, 0.15) is 13.2 Å². The third-order valence-corrected chi connectivity index (χ3v) is 14.3. The van der Waals surface area contributed by atoms with Crippen molar-refractivity contribution in [2.45, 2.75) is 335 Å². The second kappa shape index (κ2) is 65.1. The molecule has 0 aliphatic heterocycles. The molecule has 1 atom stereocenters. The molecular weight excluding hydrogens is 949 g/mol. The minimum atomic E-state index is -0.784. The smallest absolute Gasteiger partial charge is 0.306 e. The number of unbranched alkanes of at least 4 members (excludes halogenated alkanes) is 35. The van der Waals surface area contributed by atoms with Crippen LogP contribution in [0, 0.1) is 0 Å². The molecule has 0 saturated carbocycles. The molecule has 6 heteroatoms. The molecule has 0 aliphatic carbocycles. The van der Waals surface area contributed by atoms with Gasteiger partial charge >= 0.3 is 17.9 Å². The minimum Gasteiger partial charge on any atom is -0.462 e. The van der Waals surface area contributed by atoms with Crippen LogP contribution in [-0.2, 0) is 28.6 Å². The number of hydrogen-bond acceptors (Lipinski definition) is 6. The van der Waals surface area contributed by atoms with Gasteiger partial charge in [-0.3, -0.25) is 14.4 Å². The fourth-order valence-electron chi connectivity index (χ4n) is 9.41. The average molecular weight is 1070 g/mol. The number of carbonyl (C=O) groups is 3. The summed E-state index contributed by atoms with van der Waals surface area (Å²) >= 11 is 0. The molecule has 0 rings (SSSR count). The highest BCUT2D eigenvalue weighted by molar-refractivity contribution is 5.71. The maximum Gasteiger partial charge on any atom is 0.306 e. The van der Waals surface area contributed by atoms with Gasteiger partial charge in [-0.15, -0.1) is 0 Å². The molecule has 0 radical (unpaired) electrons. The summed E-state index contributed by atoms with van der Waals surface area (Å²) in [4.78, 5) is 38.3. The lowest BCUT2D eigenvalue weighted by atomic mass is 10.0. The van der Waals surface area contributed by atoms with Crippen molar-refractivity contribution in [3.63, 3.8) is 0 Å². The molecule has 77 heavy (non-hydrogen) atoms. The van der Waals surface area contributed by atoms with Crippen molar-refractivity contribution in [3.05, 3.63) is 85.1 Å². The summed E-state index contributed by atoms with van der Waals surface area (Å²) < 4.78 is 16.9. The van der Waals surface area contributed by atoms with Gasteiger partial charge in [-0.1, -0.05) is 286 Å². The quantitative estimate of drug-likeness (QED) is 0.0261. The van der Waals surface area contributed by atoms with E-state index in [1.165, 1.54) is 180 Å². The molecule has 0 heterocycles. The van der Waals surface area contributed by atoms with Crippen molar-refractivity contribution in [1.82, 2.24) is 0 Å². The van der Waals surface area contributed by atoms with E-state index in [9.17, 15) is 14.4 Å². The zero-order chi connectivity index (χ0) is 55.7. The van der Waals surface area contributed by atoms with Crippen molar-refractivity contribution >= 4 is 17.9 Å². The summed E-state index contributed by atoms with van der Waals surface area (Å²) in [5.41, 5.74) is 0. The first-order chi connectivity index (χ1) is 38.0. The highest BCUT2D eigenvalue weighted by atomic mass is 16.6. The second-order valence-corrected chi connectivity index (χ2v) is 22.0. The van der Waals surface area contributed by atoms with Gasteiger partial charge in [0.15, 0.2) is 6.10 Å². The highest BCUT2D eigenvalue weighted by Gasteiger charge is 2.19. The van der Waals surface area contributed by atoms with Crippen LogP contribution in [0.2, 0.25) is 0 Å². The van der Waals surface area contributed by atoms with E-state index in [1.54, 1.807) is 0 Å². The summed E-state index contributed by atoms with van der Waals surface area (Å²) in [6.45, 7) is 6.48. The predicted molar refractivity (Wildman–Crippen MR) is 334 cm³/mol. The van der Waals surface area contributed by atoms with E-state index >= 15 is 0 Å². The Labute approximate surface area is 477 Å². The Balaban J connectivity index is 4.27. The normalized spacial score (nSPS) is 12.6. The van der Waals surface area contributed by atoms with E-state index in [1.807, 2.05) is 0 Å². The van der Waals surface area contributed by atoms with Crippen LogP contribution in [0.3, 0.4) is 0 Å². The van der Waals surface area contributed by atoms with Crippen LogP contribution >= 0.6 is 0 Å². The highest BCUT2D eigenvalue weighted by Crippen LogP contribution is 2.17. The largest absolute Gasteiger partial charge is 0.462 e. The van der Waals surface area contributed by atoms with Gasteiger partial charge in [-0.05, 0) is 109 Å². The molecule has 0 aromatic carbocycles. The van der Waals surface area contributed by atoms with Crippen LogP contribution < -0.4 is 0 Å². The van der Waals surface area contributed by atoms with Crippen molar-refractivity contribution in [2.24, 2.45) is 0 Å². The fraction of sp³-hybridized carbons (Fsp3) is 0.761. The van der Waals surface area contributed by atoms with Gasteiger partial charge in [0.05, 0.1) is 0 Å². The van der Waals surface area contributed by atoms with Crippen LogP contribution in [0.5, 0.6) is 0 Å². The minimum absolute atomic E-state index is 0.0799. The third-order valence-electron chi connectivity index (χ3n) is 14.3. The standard InChI is InChI=1S/C71H124O6/c1-4-7-10-13-16-19-22-25-27-29-31-32-33-34-35-36-37-38-40-41-43-46-49-52-55-58-61-64-70(73)76-67-68(66-75-69(72)63-60-57-54-51-48-45-24-21-18-15-12-9-6-3)77-71(74)65-62-59-56-53-50-47-44-42-39-30-28-26-23-20-17-14-11-8-5-2/h7,10,12,15-16,19,21,24-28,31-32,68H,4-6,8-9,11,13-14,17-18,20,22-23,29-30,33-67H2,1-3H3/b10-7-,15-12-,19-16-,24-21-,27-25-,28-26-,32-31-. The van der Waals surface area contributed by atoms with E-state index in [-0.39, 0.29) is 31.1 Å². The van der Waals surface area contributed by atoms with Crippen molar-refractivity contribution in [2.75, 3.05) is 13.2 Å². The predicted octanol–water partition coefficient (Wildman–Crippen LogP) is 22.7. The molecule has 0 bridgehead atoms. The van der Waals surface area contributed by atoms with Crippen molar-refractivity contribution in [3.8, 4) is 0 Å². The number of rotatable bonds is 60. The number of ether oxygens (including phenoxy) is 3. The Kier molecular flexibility index (Phi) is 62.2. The molecule has 0 amide bonds. The van der Waals surface area contributed by atoms with Crippen molar-refractivity contribution < 1.29 is 28.6 Å². The molecule has 0 spiro atoms. The van der Waals surface area contributed by atoms with E-state index in [0.717, 1.165) is 109 Å². The van der Waals surface area contributed by atoms with Crippen LogP contribution in [0.25, 0.3) is 0 Å². The Morgan fingerprint density at radius 3 is 0.857 bits per heavy atom. The van der Waals surface area contributed by atoms with E-state index in [0.29, 0.717) is 19.3 Å². The topological polar surface area (TPSA) is 78.9 Å². The summed E-state index contributed by atoms with van der Waals surface area (Å²) in [5.74, 6) is -0.883. The van der Waals surface area contributed by atoms with Gasteiger partial charge in [-0.2, -0.15) is 0 Å². The molecule has 1 unspecified atom stereocenters. The third kappa shape index (κ3) is 63.3. The lowest BCUT2D eigenvalue weighted by Gasteiger charge is -2.18. The first-order valence-electron chi connectivity index (χ1n) is 33.1. The Hall–Kier alpha value is -3.41. The van der Waals surface area contributed by atoms with Crippen LogP contribution in [-0.4, -0.2) is 37.2 Å². The SMILES string of the molecule is CC/C=C\C/C=C\C/C=C\C/C=C\CCCCCCCCCCCCCCCCC(=O)OCC(COC(=O)CCCCCCC/C=C\C/C=C\CCC)OC(=O)CCCCCCCCCCC/C=C\CCCCCCCC. The first-order valence-corrected chi connectivity index (χ1v) is 33.1. The van der Waals surface area contributed by atoms with Gasteiger partial charge in [0.25, 0.3) is 0 Å². The lowest BCUT2D eigenvalue weighted by Crippen LogP contribution is -2.30.